The third-order valence-corrected chi connectivity index (χ3v) is 2.50. The number of ether oxygens (including phenoxy) is 2. The standard InChI is InChI=1S/C12H15NO5/c1-13(7-14)11(12(15)16)8-4-9(17-2)6-10(5-8)18-3/h4-7,11H,1-3H3,(H,15,16). The number of hydrogen-bond donors (Lipinski definition) is 1. The molecule has 0 spiro atoms. The molecule has 0 bridgehead atoms. The number of likely N-dealkylation sites (N-methyl/N-ethyl adjacent to an activating group) is 1. The van der Waals surface area contributed by atoms with Gasteiger partial charge in [0.25, 0.3) is 0 Å². The first-order chi connectivity index (χ1) is 8.53. The number of nitrogens with zero attached hydrogens (tertiary/aromatic N) is 1. The molecule has 0 saturated carbocycles. The van der Waals surface area contributed by atoms with Crippen LogP contribution in [0.1, 0.15) is 11.6 Å². The van der Waals surface area contributed by atoms with Crippen LogP contribution in [0.25, 0.3) is 0 Å². The summed E-state index contributed by atoms with van der Waals surface area (Å²) in [5.74, 6) is -0.190. The zero-order valence-corrected chi connectivity index (χ0v) is 10.4. The Morgan fingerprint density at radius 3 is 2.11 bits per heavy atom. The molecule has 0 saturated heterocycles. The van der Waals surface area contributed by atoms with Crippen molar-refractivity contribution in [2.75, 3.05) is 21.3 Å². The fourth-order valence-corrected chi connectivity index (χ4v) is 1.60. The number of carbonyl (C=O) groups is 2. The Kier molecular flexibility index (Phi) is 4.53. The van der Waals surface area contributed by atoms with Crippen LogP contribution in [-0.4, -0.2) is 43.7 Å². The third-order valence-electron chi connectivity index (χ3n) is 2.50. The van der Waals surface area contributed by atoms with E-state index in [0.29, 0.717) is 23.5 Å². The van der Waals surface area contributed by atoms with Gasteiger partial charge in [0.05, 0.1) is 14.2 Å². The molecule has 0 aliphatic rings. The van der Waals surface area contributed by atoms with E-state index in [1.165, 1.54) is 21.3 Å². The normalized spacial score (nSPS) is 11.5. The highest BCUT2D eigenvalue weighted by Crippen LogP contribution is 2.28. The van der Waals surface area contributed by atoms with E-state index in [0.717, 1.165) is 4.90 Å². The number of benzene rings is 1. The number of methoxy groups -OCH3 is 2. The maximum Gasteiger partial charge on any atom is 0.331 e. The van der Waals surface area contributed by atoms with E-state index in [1.807, 2.05) is 0 Å². The second-order valence-corrected chi connectivity index (χ2v) is 3.66. The van der Waals surface area contributed by atoms with Crippen LogP contribution in [-0.2, 0) is 9.59 Å². The van der Waals surface area contributed by atoms with Gasteiger partial charge in [0.2, 0.25) is 6.41 Å². The molecule has 1 aromatic carbocycles. The second-order valence-electron chi connectivity index (χ2n) is 3.66. The summed E-state index contributed by atoms with van der Waals surface area (Å²) in [6.45, 7) is 0. The van der Waals surface area contributed by atoms with Crippen LogP contribution < -0.4 is 9.47 Å². The maximum atomic E-state index is 11.2. The van der Waals surface area contributed by atoms with Crippen LogP contribution >= 0.6 is 0 Å². The fraction of sp³-hybridized carbons (Fsp3) is 0.333. The van der Waals surface area contributed by atoms with Gasteiger partial charge < -0.3 is 19.5 Å². The lowest BCUT2D eigenvalue weighted by Gasteiger charge is -2.21. The van der Waals surface area contributed by atoms with Crippen LogP contribution in [0.4, 0.5) is 0 Å². The zero-order valence-electron chi connectivity index (χ0n) is 10.4. The van der Waals surface area contributed by atoms with Gasteiger partial charge >= 0.3 is 5.97 Å². The lowest BCUT2D eigenvalue weighted by atomic mass is 10.1. The largest absolute Gasteiger partial charge is 0.497 e. The van der Waals surface area contributed by atoms with Crippen LogP contribution in [0, 0.1) is 0 Å². The number of hydrogen-bond acceptors (Lipinski definition) is 4. The minimum Gasteiger partial charge on any atom is -0.497 e. The van der Waals surface area contributed by atoms with Crippen molar-refractivity contribution < 1.29 is 24.2 Å². The number of carboxylic acid groups (broad SMARTS) is 1. The average molecular weight is 253 g/mol. The molecule has 1 unspecified atom stereocenters. The molecule has 0 aromatic heterocycles. The number of carbonyl (C=O) groups excluding carboxylic acids is 1. The van der Waals surface area contributed by atoms with Crippen LogP contribution in [0.2, 0.25) is 0 Å². The lowest BCUT2D eigenvalue weighted by molar-refractivity contribution is -0.145. The van der Waals surface area contributed by atoms with Gasteiger partial charge in [0.1, 0.15) is 11.5 Å². The Bertz CT molecular complexity index is 424. The van der Waals surface area contributed by atoms with E-state index in [2.05, 4.69) is 0 Å². The Morgan fingerprint density at radius 1 is 1.28 bits per heavy atom. The zero-order chi connectivity index (χ0) is 13.7. The van der Waals surface area contributed by atoms with Gasteiger partial charge in [-0.05, 0) is 17.7 Å². The van der Waals surface area contributed by atoms with E-state index in [9.17, 15) is 14.7 Å². The lowest BCUT2D eigenvalue weighted by Crippen LogP contribution is -2.29. The highest BCUT2D eigenvalue weighted by molar-refractivity contribution is 5.78. The predicted molar refractivity (Wildman–Crippen MR) is 63.7 cm³/mol. The summed E-state index contributed by atoms with van der Waals surface area (Å²) in [6.07, 6.45) is 0.463. The van der Waals surface area contributed by atoms with Gasteiger partial charge in [-0.15, -0.1) is 0 Å². The van der Waals surface area contributed by atoms with Crippen molar-refractivity contribution in [3.05, 3.63) is 23.8 Å². The monoisotopic (exact) mass is 253 g/mol. The first kappa shape index (κ1) is 13.8. The molecular formula is C12H15NO5. The second kappa shape index (κ2) is 5.90. The molecule has 1 rings (SSSR count). The van der Waals surface area contributed by atoms with E-state index in [-0.39, 0.29) is 0 Å². The Labute approximate surface area is 105 Å². The van der Waals surface area contributed by atoms with Crippen molar-refractivity contribution in [3.8, 4) is 11.5 Å². The molecule has 0 fully saturated rings. The van der Waals surface area contributed by atoms with Crippen molar-refractivity contribution in [2.24, 2.45) is 0 Å². The molecule has 6 heteroatoms. The topological polar surface area (TPSA) is 76.1 Å². The van der Waals surface area contributed by atoms with Crippen molar-refractivity contribution >= 4 is 12.4 Å². The van der Waals surface area contributed by atoms with Crippen LogP contribution in [0.15, 0.2) is 18.2 Å². The van der Waals surface area contributed by atoms with Crippen LogP contribution in [0.5, 0.6) is 11.5 Å². The number of aliphatic carboxylic acids is 1. The Morgan fingerprint density at radius 2 is 1.78 bits per heavy atom. The first-order valence-electron chi connectivity index (χ1n) is 5.16. The SMILES string of the molecule is COc1cc(OC)cc(C(C(=O)O)N(C)C=O)c1. The van der Waals surface area contributed by atoms with Crippen molar-refractivity contribution in [1.82, 2.24) is 4.90 Å². The summed E-state index contributed by atoms with van der Waals surface area (Å²) in [5, 5.41) is 9.17. The molecule has 98 valence electrons. The number of amides is 1. The molecule has 0 aliphatic carbocycles. The quantitative estimate of drug-likeness (QED) is 0.763. The summed E-state index contributed by atoms with van der Waals surface area (Å²) in [5.41, 5.74) is 0.410. The molecule has 18 heavy (non-hydrogen) atoms. The molecule has 0 aliphatic heterocycles. The van der Waals surface area contributed by atoms with E-state index in [4.69, 9.17) is 9.47 Å². The summed E-state index contributed by atoms with van der Waals surface area (Å²) < 4.78 is 10.1. The van der Waals surface area contributed by atoms with Crippen molar-refractivity contribution in [3.63, 3.8) is 0 Å². The molecule has 0 radical (unpaired) electrons. The third kappa shape index (κ3) is 2.91. The smallest absolute Gasteiger partial charge is 0.331 e. The molecule has 1 aromatic rings. The van der Waals surface area contributed by atoms with E-state index >= 15 is 0 Å². The van der Waals surface area contributed by atoms with Crippen molar-refractivity contribution in [2.45, 2.75) is 6.04 Å². The highest BCUT2D eigenvalue weighted by Gasteiger charge is 2.25. The molecular weight excluding hydrogens is 238 g/mol. The van der Waals surface area contributed by atoms with Crippen molar-refractivity contribution in [1.29, 1.82) is 0 Å². The number of carboxylic acids is 1. The number of rotatable bonds is 6. The summed E-state index contributed by atoms with van der Waals surface area (Å²) in [7, 11) is 4.34. The molecule has 6 nitrogen and oxygen atoms in total. The summed E-state index contributed by atoms with van der Waals surface area (Å²) in [6, 6.07) is 3.66. The van der Waals surface area contributed by atoms with Gasteiger partial charge in [-0.1, -0.05) is 0 Å². The van der Waals surface area contributed by atoms with Gasteiger partial charge in [-0.2, -0.15) is 0 Å². The first-order valence-corrected chi connectivity index (χ1v) is 5.16. The minimum absolute atomic E-state index is 0.410. The highest BCUT2D eigenvalue weighted by atomic mass is 16.5. The fourth-order valence-electron chi connectivity index (χ4n) is 1.60. The predicted octanol–water partition coefficient (Wildman–Crippen LogP) is 0.918. The van der Waals surface area contributed by atoms with Gasteiger partial charge in [0, 0.05) is 13.1 Å². The summed E-state index contributed by atoms with van der Waals surface area (Å²) in [4.78, 5) is 23.0. The van der Waals surface area contributed by atoms with Crippen LogP contribution in [0.3, 0.4) is 0 Å². The Hall–Kier alpha value is -2.24. The van der Waals surface area contributed by atoms with Gasteiger partial charge in [0.15, 0.2) is 6.04 Å². The van der Waals surface area contributed by atoms with E-state index < -0.39 is 12.0 Å². The Balaban J connectivity index is 3.26. The minimum atomic E-state index is -1.13. The summed E-state index contributed by atoms with van der Waals surface area (Å²) >= 11 is 0. The average Bonchev–Trinajstić information content (AvgIpc) is 2.37. The van der Waals surface area contributed by atoms with E-state index in [1.54, 1.807) is 18.2 Å². The maximum absolute atomic E-state index is 11.2. The van der Waals surface area contributed by atoms with Gasteiger partial charge in [-0.3, -0.25) is 4.79 Å². The molecule has 0 heterocycles. The molecule has 1 atom stereocenters. The van der Waals surface area contributed by atoms with Gasteiger partial charge in [-0.25, -0.2) is 4.79 Å². The molecule has 1 amide bonds. The molecule has 1 N–H and O–H groups in total.